The highest BCUT2D eigenvalue weighted by molar-refractivity contribution is 9.12. The first kappa shape index (κ1) is 23.1. The van der Waals surface area contributed by atoms with Crippen LogP contribution in [0.1, 0.15) is 24.0 Å². The third-order valence-corrected chi connectivity index (χ3v) is 4.75. The number of hydrogen-bond acceptors (Lipinski definition) is 4. The Hall–Kier alpha value is -2.18. The Balaban J connectivity index is 2.24. The molecule has 0 aromatic heterocycles. The number of rotatable bonds is 10. The standard InChI is InChI=1S/C23H22Br2O4/c1-17(24)13-23(14-18(2)25,21(26)28-15-19-9-5-3-6-10-19)22(27)29-16-20-11-7-4-8-12-20/h3-12H,1-2,13-16H2. The predicted molar refractivity (Wildman–Crippen MR) is 120 cm³/mol. The maximum Gasteiger partial charge on any atom is 0.324 e. The molecule has 0 bridgehead atoms. The predicted octanol–water partition coefficient (Wildman–Crippen LogP) is 6.06. The molecule has 0 atom stereocenters. The second-order valence-corrected chi connectivity index (χ2v) is 8.84. The monoisotopic (exact) mass is 520 g/mol. The van der Waals surface area contributed by atoms with Crippen LogP contribution < -0.4 is 0 Å². The van der Waals surface area contributed by atoms with E-state index in [4.69, 9.17) is 9.47 Å². The lowest BCUT2D eigenvalue weighted by molar-refractivity contribution is -0.174. The van der Waals surface area contributed by atoms with Gasteiger partial charge >= 0.3 is 11.9 Å². The number of hydrogen-bond donors (Lipinski definition) is 0. The SMILES string of the molecule is C=C(Br)CC(CC(=C)Br)(C(=O)OCc1ccccc1)C(=O)OCc1ccccc1. The molecule has 29 heavy (non-hydrogen) atoms. The van der Waals surface area contributed by atoms with Crippen LogP contribution in [0.4, 0.5) is 0 Å². The minimum atomic E-state index is -1.59. The average molecular weight is 522 g/mol. The molecule has 2 aromatic carbocycles. The van der Waals surface area contributed by atoms with Gasteiger partial charge in [0.2, 0.25) is 0 Å². The molecular formula is C23H22Br2O4. The van der Waals surface area contributed by atoms with Crippen molar-refractivity contribution in [3.63, 3.8) is 0 Å². The zero-order valence-corrected chi connectivity index (χ0v) is 19.1. The van der Waals surface area contributed by atoms with Gasteiger partial charge in [0.1, 0.15) is 13.2 Å². The fourth-order valence-corrected chi connectivity index (χ4v) is 3.77. The van der Waals surface area contributed by atoms with Crippen molar-refractivity contribution in [2.75, 3.05) is 0 Å². The second-order valence-electron chi connectivity index (χ2n) is 6.59. The van der Waals surface area contributed by atoms with Gasteiger partial charge in [0.25, 0.3) is 0 Å². The van der Waals surface area contributed by atoms with E-state index in [0.717, 1.165) is 11.1 Å². The van der Waals surface area contributed by atoms with Gasteiger partial charge in [-0.1, -0.05) is 106 Å². The number of allylic oxidation sites excluding steroid dienone is 2. The van der Waals surface area contributed by atoms with Gasteiger partial charge in [-0.05, 0) is 20.1 Å². The summed E-state index contributed by atoms with van der Waals surface area (Å²) in [5, 5.41) is 0. The van der Waals surface area contributed by atoms with E-state index in [1.807, 2.05) is 60.7 Å². The molecule has 0 spiro atoms. The fourth-order valence-electron chi connectivity index (χ4n) is 2.81. The first-order valence-corrected chi connectivity index (χ1v) is 10.5. The van der Waals surface area contributed by atoms with Crippen molar-refractivity contribution >= 4 is 43.8 Å². The molecule has 0 unspecified atom stereocenters. The molecule has 0 saturated carbocycles. The molecule has 0 N–H and O–H groups in total. The minimum Gasteiger partial charge on any atom is -0.460 e. The van der Waals surface area contributed by atoms with Gasteiger partial charge in [-0.2, -0.15) is 0 Å². The van der Waals surface area contributed by atoms with E-state index in [9.17, 15) is 9.59 Å². The van der Waals surface area contributed by atoms with Gasteiger partial charge in [-0.15, -0.1) is 0 Å². The number of carbonyl (C=O) groups is 2. The van der Waals surface area contributed by atoms with Crippen LogP contribution in [0.25, 0.3) is 0 Å². The highest BCUT2D eigenvalue weighted by Crippen LogP contribution is 2.39. The topological polar surface area (TPSA) is 52.6 Å². The molecule has 0 aliphatic heterocycles. The van der Waals surface area contributed by atoms with Gasteiger partial charge < -0.3 is 9.47 Å². The number of benzene rings is 2. The lowest BCUT2D eigenvalue weighted by Crippen LogP contribution is -2.42. The zero-order chi connectivity index (χ0) is 21.3. The van der Waals surface area contributed by atoms with Gasteiger partial charge in [0.15, 0.2) is 5.41 Å². The van der Waals surface area contributed by atoms with E-state index >= 15 is 0 Å². The molecule has 0 aliphatic rings. The minimum absolute atomic E-state index is 0.0267. The van der Waals surface area contributed by atoms with Gasteiger partial charge in [-0.3, -0.25) is 9.59 Å². The third-order valence-electron chi connectivity index (χ3n) is 4.19. The Kier molecular flexibility index (Phi) is 8.86. The maximum absolute atomic E-state index is 13.1. The van der Waals surface area contributed by atoms with Crippen LogP contribution in [0.5, 0.6) is 0 Å². The molecule has 0 saturated heterocycles. The molecule has 6 heteroatoms. The van der Waals surface area contributed by atoms with Crippen molar-refractivity contribution in [1.82, 2.24) is 0 Å². The molecule has 0 radical (unpaired) electrons. The average Bonchev–Trinajstić information content (AvgIpc) is 2.70. The summed E-state index contributed by atoms with van der Waals surface area (Å²) in [4.78, 5) is 26.2. The largest absolute Gasteiger partial charge is 0.460 e. The molecule has 2 aromatic rings. The quantitative estimate of drug-likeness (QED) is 0.282. The van der Waals surface area contributed by atoms with Crippen LogP contribution in [-0.2, 0) is 32.3 Å². The first-order valence-electron chi connectivity index (χ1n) is 8.92. The van der Waals surface area contributed by atoms with Crippen LogP contribution >= 0.6 is 31.9 Å². The van der Waals surface area contributed by atoms with Gasteiger partial charge in [0, 0.05) is 12.8 Å². The highest BCUT2D eigenvalue weighted by Gasteiger charge is 2.49. The molecule has 0 aliphatic carbocycles. The van der Waals surface area contributed by atoms with E-state index < -0.39 is 17.4 Å². The van der Waals surface area contributed by atoms with Crippen molar-refractivity contribution in [2.24, 2.45) is 5.41 Å². The summed E-state index contributed by atoms with van der Waals surface area (Å²) in [5.41, 5.74) is 0.0514. The van der Waals surface area contributed by atoms with Crippen LogP contribution in [0, 0.1) is 5.41 Å². The van der Waals surface area contributed by atoms with Gasteiger partial charge in [-0.25, -0.2) is 0 Å². The lowest BCUT2D eigenvalue weighted by Gasteiger charge is -2.29. The summed E-state index contributed by atoms with van der Waals surface area (Å²) in [6.07, 6.45) is 0.0533. The first-order chi connectivity index (χ1) is 13.8. The number of esters is 2. The van der Waals surface area contributed by atoms with E-state index in [1.54, 1.807) is 0 Å². The Morgan fingerprint density at radius 3 is 1.38 bits per heavy atom. The smallest absolute Gasteiger partial charge is 0.324 e. The second kappa shape index (κ2) is 11.1. The van der Waals surface area contributed by atoms with E-state index in [1.165, 1.54) is 0 Å². The van der Waals surface area contributed by atoms with Crippen LogP contribution in [-0.4, -0.2) is 11.9 Å². The van der Waals surface area contributed by atoms with Crippen molar-refractivity contribution in [1.29, 1.82) is 0 Å². The maximum atomic E-state index is 13.1. The molecular weight excluding hydrogens is 500 g/mol. The van der Waals surface area contributed by atoms with Crippen LogP contribution in [0.3, 0.4) is 0 Å². The van der Waals surface area contributed by atoms with Gasteiger partial charge in [0.05, 0.1) is 0 Å². The highest BCUT2D eigenvalue weighted by atomic mass is 79.9. The molecule has 0 amide bonds. The number of halogens is 2. The van der Waals surface area contributed by atoms with Crippen LogP contribution in [0.15, 0.2) is 82.8 Å². The summed E-state index contributed by atoms with van der Waals surface area (Å²) in [6, 6.07) is 18.5. The lowest BCUT2D eigenvalue weighted by atomic mass is 9.81. The van der Waals surface area contributed by atoms with Crippen molar-refractivity contribution in [3.8, 4) is 0 Å². The Morgan fingerprint density at radius 1 is 0.724 bits per heavy atom. The van der Waals surface area contributed by atoms with Crippen molar-refractivity contribution in [2.45, 2.75) is 26.1 Å². The Labute approximate surface area is 187 Å². The summed E-state index contributed by atoms with van der Waals surface area (Å²) in [5.74, 6) is -1.36. The van der Waals surface area contributed by atoms with E-state index in [-0.39, 0.29) is 26.1 Å². The molecule has 4 nitrogen and oxygen atoms in total. The third kappa shape index (κ3) is 6.98. The fraction of sp³-hybridized carbons (Fsp3) is 0.217. The summed E-state index contributed by atoms with van der Waals surface area (Å²) in [6.45, 7) is 7.71. The summed E-state index contributed by atoms with van der Waals surface area (Å²) >= 11 is 6.55. The number of ether oxygens (including phenoxy) is 2. The molecule has 152 valence electrons. The Bertz CT molecular complexity index is 789. The normalized spacial score (nSPS) is 10.8. The van der Waals surface area contributed by atoms with Crippen molar-refractivity contribution in [3.05, 3.63) is 93.9 Å². The zero-order valence-electron chi connectivity index (χ0n) is 15.9. The Morgan fingerprint density at radius 2 is 1.07 bits per heavy atom. The van der Waals surface area contributed by atoms with E-state index in [0.29, 0.717) is 8.96 Å². The van der Waals surface area contributed by atoms with Crippen LogP contribution in [0.2, 0.25) is 0 Å². The molecule has 0 heterocycles. The molecule has 2 rings (SSSR count). The van der Waals surface area contributed by atoms with Crippen molar-refractivity contribution < 1.29 is 19.1 Å². The van der Waals surface area contributed by atoms with E-state index in [2.05, 4.69) is 45.0 Å². The summed E-state index contributed by atoms with van der Waals surface area (Å²) in [7, 11) is 0. The summed E-state index contributed by atoms with van der Waals surface area (Å²) < 4.78 is 12.0. The molecule has 0 fully saturated rings. The number of carbonyl (C=O) groups excluding carboxylic acids is 2.